The summed E-state index contributed by atoms with van der Waals surface area (Å²) < 4.78 is 0. The summed E-state index contributed by atoms with van der Waals surface area (Å²) in [7, 11) is 0. The molecule has 1 saturated carbocycles. The first kappa shape index (κ1) is 14.5. The summed E-state index contributed by atoms with van der Waals surface area (Å²) in [4.78, 5) is 5.28. The Labute approximate surface area is 133 Å². The highest BCUT2D eigenvalue weighted by Crippen LogP contribution is 2.40. The van der Waals surface area contributed by atoms with E-state index in [0.29, 0.717) is 0 Å². The first-order chi connectivity index (χ1) is 10.7. The molecule has 22 heavy (non-hydrogen) atoms. The van der Waals surface area contributed by atoms with Crippen LogP contribution in [0.3, 0.4) is 0 Å². The van der Waals surface area contributed by atoms with E-state index >= 15 is 0 Å². The zero-order chi connectivity index (χ0) is 15.1. The van der Waals surface area contributed by atoms with Gasteiger partial charge in [0, 0.05) is 37.9 Å². The molecule has 2 aliphatic heterocycles. The number of rotatable bonds is 2. The number of hydrogen-bond donors (Lipinski definition) is 1. The average Bonchev–Trinajstić information content (AvgIpc) is 3.05. The van der Waals surface area contributed by atoms with Crippen molar-refractivity contribution in [1.29, 1.82) is 0 Å². The Morgan fingerprint density at radius 3 is 2.36 bits per heavy atom. The van der Waals surface area contributed by atoms with Crippen LogP contribution in [0.25, 0.3) is 0 Å². The Morgan fingerprint density at radius 2 is 1.73 bits per heavy atom. The van der Waals surface area contributed by atoms with Crippen LogP contribution in [0.15, 0.2) is 24.3 Å². The minimum atomic E-state index is -0.0136. The van der Waals surface area contributed by atoms with E-state index in [4.69, 9.17) is 0 Å². The third kappa shape index (κ3) is 2.77. The topological polar surface area (TPSA) is 26.7 Å². The number of aliphatic hydroxyl groups is 1. The number of aliphatic hydroxyl groups excluding tert-OH is 1. The third-order valence-corrected chi connectivity index (χ3v) is 6.10. The fourth-order valence-corrected chi connectivity index (χ4v) is 4.92. The fraction of sp³-hybridized carbons (Fsp3) is 0.684. The van der Waals surface area contributed by atoms with Gasteiger partial charge in [-0.2, -0.15) is 0 Å². The van der Waals surface area contributed by atoms with Gasteiger partial charge in [0.1, 0.15) is 0 Å². The van der Waals surface area contributed by atoms with Gasteiger partial charge in [-0.3, -0.25) is 4.90 Å². The van der Waals surface area contributed by atoms with E-state index in [1.807, 2.05) is 0 Å². The fourth-order valence-electron chi connectivity index (χ4n) is 4.92. The second-order valence-corrected chi connectivity index (χ2v) is 7.66. The molecule has 2 heterocycles. The molecular weight excluding hydrogens is 272 g/mol. The van der Waals surface area contributed by atoms with Crippen LogP contribution >= 0.6 is 0 Å². The smallest absolute Gasteiger partial charge is 0.0546 e. The van der Waals surface area contributed by atoms with Crippen molar-refractivity contribution >= 4 is 5.69 Å². The Morgan fingerprint density at radius 1 is 1.05 bits per heavy atom. The lowest BCUT2D eigenvalue weighted by atomic mass is 10.0. The molecule has 0 bridgehead atoms. The van der Waals surface area contributed by atoms with Crippen LogP contribution in [-0.2, 0) is 0 Å². The van der Waals surface area contributed by atoms with Gasteiger partial charge in [0.15, 0.2) is 0 Å². The van der Waals surface area contributed by atoms with Crippen LogP contribution < -0.4 is 4.90 Å². The summed E-state index contributed by atoms with van der Waals surface area (Å²) in [6.45, 7) is 7.01. The van der Waals surface area contributed by atoms with Crippen molar-refractivity contribution in [3.63, 3.8) is 0 Å². The molecule has 0 radical (unpaired) electrons. The van der Waals surface area contributed by atoms with Gasteiger partial charge in [0.2, 0.25) is 0 Å². The second-order valence-electron chi connectivity index (χ2n) is 7.66. The van der Waals surface area contributed by atoms with Gasteiger partial charge in [-0.25, -0.2) is 0 Å². The molecule has 3 fully saturated rings. The SMILES string of the molecule is Cc1cccc(N2CCC(N3C[C@H]4CC(O)C[C@H]4C3)CC2)c1. The van der Waals surface area contributed by atoms with Gasteiger partial charge in [-0.15, -0.1) is 0 Å². The molecule has 3 aliphatic rings. The van der Waals surface area contributed by atoms with E-state index in [1.165, 1.54) is 50.3 Å². The van der Waals surface area contributed by atoms with E-state index < -0.39 is 0 Å². The van der Waals surface area contributed by atoms with Gasteiger partial charge in [-0.05, 0) is 62.1 Å². The van der Waals surface area contributed by atoms with Crippen molar-refractivity contribution in [3.05, 3.63) is 29.8 Å². The Bertz CT molecular complexity index is 510. The lowest BCUT2D eigenvalue weighted by Crippen LogP contribution is -2.44. The lowest BCUT2D eigenvalue weighted by Gasteiger charge is -2.38. The Hall–Kier alpha value is -1.06. The maximum absolute atomic E-state index is 9.79. The number of fused-ring (bicyclic) bond motifs is 1. The number of anilines is 1. The highest BCUT2D eigenvalue weighted by Gasteiger charge is 2.42. The predicted octanol–water partition coefficient (Wildman–Crippen LogP) is 2.67. The van der Waals surface area contributed by atoms with Crippen LogP contribution in [0.1, 0.15) is 31.2 Å². The molecule has 1 aromatic carbocycles. The summed E-state index contributed by atoms with van der Waals surface area (Å²) in [5, 5.41) is 9.79. The summed E-state index contributed by atoms with van der Waals surface area (Å²) in [6.07, 6.45) is 4.65. The molecule has 3 heteroatoms. The zero-order valence-electron chi connectivity index (χ0n) is 13.6. The first-order valence-corrected chi connectivity index (χ1v) is 8.93. The number of nitrogens with zero attached hydrogens (tertiary/aromatic N) is 2. The molecule has 0 amide bonds. The lowest BCUT2D eigenvalue weighted by molar-refractivity contribution is 0.144. The number of piperidine rings is 1. The number of aryl methyl sites for hydroxylation is 1. The van der Waals surface area contributed by atoms with Gasteiger partial charge in [0.05, 0.1) is 6.10 Å². The minimum absolute atomic E-state index is 0.0136. The molecule has 1 unspecified atom stereocenters. The predicted molar refractivity (Wildman–Crippen MR) is 90.2 cm³/mol. The molecule has 120 valence electrons. The Kier molecular flexibility index (Phi) is 3.87. The largest absolute Gasteiger partial charge is 0.393 e. The van der Waals surface area contributed by atoms with E-state index in [-0.39, 0.29) is 6.10 Å². The van der Waals surface area contributed by atoms with E-state index in [0.717, 1.165) is 30.7 Å². The first-order valence-electron chi connectivity index (χ1n) is 8.93. The zero-order valence-corrected chi connectivity index (χ0v) is 13.6. The maximum atomic E-state index is 9.79. The normalized spacial score (nSPS) is 33.4. The molecule has 3 atom stereocenters. The van der Waals surface area contributed by atoms with Crippen molar-refractivity contribution in [2.45, 2.75) is 44.8 Å². The molecule has 1 N–H and O–H groups in total. The van der Waals surface area contributed by atoms with Crippen molar-refractivity contribution in [2.24, 2.45) is 11.8 Å². The maximum Gasteiger partial charge on any atom is 0.0546 e. The van der Waals surface area contributed by atoms with Crippen molar-refractivity contribution < 1.29 is 5.11 Å². The van der Waals surface area contributed by atoms with Crippen LogP contribution in [-0.4, -0.2) is 48.3 Å². The van der Waals surface area contributed by atoms with Crippen LogP contribution in [0, 0.1) is 18.8 Å². The molecule has 0 spiro atoms. The van der Waals surface area contributed by atoms with Gasteiger partial charge in [-0.1, -0.05) is 12.1 Å². The van der Waals surface area contributed by atoms with Crippen molar-refractivity contribution in [1.82, 2.24) is 4.90 Å². The quantitative estimate of drug-likeness (QED) is 0.909. The van der Waals surface area contributed by atoms with Gasteiger partial charge in [0.25, 0.3) is 0 Å². The molecular formula is C19H28N2O. The monoisotopic (exact) mass is 300 g/mol. The van der Waals surface area contributed by atoms with Crippen LogP contribution in [0.5, 0.6) is 0 Å². The molecule has 3 nitrogen and oxygen atoms in total. The summed E-state index contributed by atoms with van der Waals surface area (Å²) in [5.41, 5.74) is 2.74. The molecule has 1 aliphatic carbocycles. The third-order valence-electron chi connectivity index (χ3n) is 6.10. The van der Waals surface area contributed by atoms with Gasteiger partial charge >= 0.3 is 0 Å². The highest BCUT2D eigenvalue weighted by molar-refractivity contribution is 5.48. The number of hydrogen-bond acceptors (Lipinski definition) is 3. The standard InChI is InChI=1S/C19H28N2O/c1-14-3-2-4-18(9-14)20-7-5-17(6-8-20)21-12-15-10-19(22)11-16(15)13-21/h2-4,9,15-17,19,22H,5-8,10-13H2,1H3/t15-,16+,19?. The minimum Gasteiger partial charge on any atom is -0.393 e. The molecule has 1 aromatic rings. The van der Waals surface area contributed by atoms with E-state index in [1.54, 1.807) is 0 Å². The Balaban J connectivity index is 1.33. The summed E-state index contributed by atoms with van der Waals surface area (Å²) >= 11 is 0. The van der Waals surface area contributed by atoms with Crippen LogP contribution in [0.4, 0.5) is 5.69 Å². The molecule has 2 saturated heterocycles. The van der Waals surface area contributed by atoms with E-state index in [9.17, 15) is 5.11 Å². The highest BCUT2D eigenvalue weighted by atomic mass is 16.3. The van der Waals surface area contributed by atoms with Crippen LogP contribution in [0.2, 0.25) is 0 Å². The second kappa shape index (κ2) is 5.86. The van der Waals surface area contributed by atoms with Crippen molar-refractivity contribution in [3.8, 4) is 0 Å². The molecule has 0 aromatic heterocycles. The van der Waals surface area contributed by atoms with Crippen molar-refractivity contribution in [2.75, 3.05) is 31.1 Å². The number of likely N-dealkylation sites (tertiary alicyclic amines) is 1. The summed E-state index contributed by atoms with van der Waals surface area (Å²) in [5.74, 6) is 1.54. The summed E-state index contributed by atoms with van der Waals surface area (Å²) in [6, 6.07) is 9.66. The molecule has 4 rings (SSSR count). The van der Waals surface area contributed by atoms with E-state index in [2.05, 4.69) is 41.0 Å². The number of benzene rings is 1. The average molecular weight is 300 g/mol. The van der Waals surface area contributed by atoms with Gasteiger partial charge < -0.3 is 10.0 Å².